The van der Waals surface area contributed by atoms with Crippen molar-refractivity contribution in [2.24, 2.45) is 0 Å². The molecule has 0 spiro atoms. The molecular weight excluding hydrogens is 250 g/mol. The lowest BCUT2D eigenvalue weighted by Gasteiger charge is -2.03. The minimum atomic E-state index is -0.928. The first kappa shape index (κ1) is 11.7. The third-order valence-corrected chi connectivity index (χ3v) is 2.22. The first-order valence-electron chi connectivity index (χ1n) is 4.65. The number of nitrogens with two attached hydrogens (primary N) is 1. The summed E-state index contributed by atoms with van der Waals surface area (Å²) >= 11 is 5.58. The van der Waals surface area contributed by atoms with Gasteiger partial charge in [0, 0.05) is 6.42 Å². The molecule has 0 atom stereocenters. The van der Waals surface area contributed by atoms with Crippen molar-refractivity contribution in [2.45, 2.75) is 6.42 Å². The van der Waals surface area contributed by atoms with Crippen LogP contribution in [-0.2, 0) is 6.42 Å². The fraction of sp³-hybridized carbons (Fsp3) is 0.100. The quantitative estimate of drug-likeness (QED) is 0.892. The normalized spacial score (nSPS) is 10.5. The van der Waals surface area contributed by atoms with Crippen LogP contribution in [0.2, 0.25) is 5.28 Å². The van der Waals surface area contributed by atoms with Crippen LogP contribution < -0.4 is 5.73 Å². The molecule has 0 saturated carbocycles. The summed E-state index contributed by atoms with van der Waals surface area (Å²) in [6.07, 6.45) is -0.00394. The van der Waals surface area contributed by atoms with Gasteiger partial charge in [-0.25, -0.2) is 13.8 Å². The monoisotopic (exact) mass is 256 g/mol. The third-order valence-electron chi connectivity index (χ3n) is 2.05. The molecule has 0 aliphatic rings. The second-order valence-electron chi connectivity index (χ2n) is 3.27. The molecule has 0 bridgehead atoms. The molecule has 4 nitrogen and oxygen atoms in total. The van der Waals surface area contributed by atoms with Crippen LogP contribution in [0.4, 0.5) is 14.7 Å². The molecular formula is C10H7ClF2N4. The Morgan fingerprint density at radius 1 is 1.18 bits per heavy atom. The van der Waals surface area contributed by atoms with Gasteiger partial charge in [-0.2, -0.15) is 9.97 Å². The maximum atomic E-state index is 13.4. The van der Waals surface area contributed by atoms with E-state index in [9.17, 15) is 8.78 Å². The van der Waals surface area contributed by atoms with Crippen LogP contribution in [0.5, 0.6) is 0 Å². The van der Waals surface area contributed by atoms with Crippen molar-refractivity contribution in [3.05, 3.63) is 46.5 Å². The van der Waals surface area contributed by atoms with Crippen LogP contribution in [0, 0.1) is 11.6 Å². The summed E-state index contributed by atoms with van der Waals surface area (Å²) in [5.41, 5.74) is 5.50. The summed E-state index contributed by atoms with van der Waals surface area (Å²) in [5, 5.41) is -0.0793. The Morgan fingerprint density at radius 3 is 2.65 bits per heavy atom. The van der Waals surface area contributed by atoms with Crippen LogP contribution in [-0.4, -0.2) is 15.0 Å². The van der Waals surface area contributed by atoms with Gasteiger partial charge in [0.1, 0.15) is 5.82 Å². The van der Waals surface area contributed by atoms with E-state index >= 15 is 0 Å². The predicted octanol–water partition coefficient (Wildman–Crippen LogP) is 1.98. The molecule has 2 N–H and O–H groups in total. The summed E-state index contributed by atoms with van der Waals surface area (Å²) in [6, 6.07) is 3.87. The molecule has 1 aromatic carbocycles. The van der Waals surface area contributed by atoms with Gasteiger partial charge in [-0.3, -0.25) is 0 Å². The highest BCUT2D eigenvalue weighted by molar-refractivity contribution is 6.28. The Balaban J connectivity index is 2.34. The average Bonchev–Trinajstić information content (AvgIpc) is 2.23. The molecule has 0 aliphatic heterocycles. The number of anilines is 1. The van der Waals surface area contributed by atoms with E-state index in [0.717, 1.165) is 6.07 Å². The first-order valence-corrected chi connectivity index (χ1v) is 5.03. The van der Waals surface area contributed by atoms with Gasteiger partial charge < -0.3 is 5.73 Å². The van der Waals surface area contributed by atoms with Crippen molar-refractivity contribution in [1.82, 2.24) is 15.0 Å². The zero-order valence-corrected chi connectivity index (χ0v) is 9.25. The number of nitrogens with zero attached hydrogens (tertiary/aromatic N) is 3. The highest BCUT2D eigenvalue weighted by Crippen LogP contribution is 2.15. The number of hydrogen-bond acceptors (Lipinski definition) is 4. The fourth-order valence-corrected chi connectivity index (χ4v) is 1.53. The van der Waals surface area contributed by atoms with Gasteiger partial charge in [0.15, 0.2) is 11.6 Å². The van der Waals surface area contributed by atoms with E-state index in [1.165, 1.54) is 12.1 Å². The van der Waals surface area contributed by atoms with Gasteiger partial charge in [-0.05, 0) is 23.2 Å². The zero-order chi connectivity index (χ0) is 12.4. The average molecular weight is 257 g/mol. The molecule has 0 amide bonds. The largest absolute Gasteiger partial charge is 0.368 e. The summed E-state index contributed by atoms with van der Waals surface area (Å²) in [5.74, 6) is -1.72. The molecule has 1 heterocycles. The van der Waals surface area contributed by atoms with Crippen molar-refractivity contribution in [2.75, 3.05) is 5.73 Å². The molecule has 0 unspecified atom stereocenters. The van der Waals surface area contributed by atoms with Crippen molar-refractivity contribution < 1.29 is 8.78 Å². The van der Waals surface area contributed by atoms with Gasteiger partial charge in [0.2, 0.25) is 11.2 Å². The molecule has 0 fully saturated rings. The van der Waals surface area contributed by atoms with E-state index in [1.807, 2.05) is 0 Å². The Kier molecular flexibility index (Phi) is 3.14. The van der Waals surface area contributed by atoms with Crippen LogP contribution >= 0.6 is 11.6 Å². The van der Waals surface area contributed by atoms with Crippen molar-refractivity contribution in [1.29, 1.82) is 0 Å². The van der Waals surface area contributed by atoms with E-state index in [1.54, 1.807) is 0 Å². The number of nitrogen functional groups attached to an aromatic ring is 1. The smallest absolute Gasteiger partial charge is 0.227 e. The molecule has 0 saturated heterocycles. The van der Waals surface area contributed by atoms with Gasteiger partial charge in [0.05, 0.1) is 0 Å². The molecule has 17 heavy (non-hydrogen) atoms. The van der Waals surface area contributed by atoms with Gasteiger partial charge in [-0.15, -0.1) is 0 Å². The van der Waals surface area contributed by atoms with E-state index in [2.05, 4.69) is 15.0 Å². The number of benzene rings is 1. The second kappa shape index (κ2) is 4.58. The standard InChI is InChI=1S/C10H7ClF2N4/c11-9-15-7(16-10(14)17-9)4-5-2-1-3-6(12)8(5)13/h1-3H,4H2,(H2,14,15,16,17). The van der Waals surface area contributed by atoms with Gasteiger partial charge in [0.25, 0.3) is 0 Å². The molecule has 0 radical (unpaired) electrons. The molecule has 1 aromatic heterocycles. The van der Waals surface area contributed by atoms with E-state index in [0.29, 0.717) is 0 Å². The molecule has 2 aromatic rings. The predicted molar refractivity (Wildman–Crippen MR) is 58.4 cm³/mol. The summed E-state index contributed by atoms with van der Waals surface area (Å²) in [6.45, 7) is 0. The minimum absolute atomic E-state index is 0.00394. The Labute approximate surface area is 100 Å². The maximum Gasteiger partial charge on any atom is 0.227 e. The lowest BCUT2D eigenvalue weighted by Crippen LogP contribution is -2.05. The fourth-order valence-electron chi connectivity index (χ4n) is 1.34. The lowest BCUT2D eigenvalue weighted by atomic mass is 10.1. The van der Waals surface area contributed by atoms with E-state index in [4.69, 9.17) is 17.3 Å². The summed E-state index contributed by atoms with van der Waals surface area (Å²) in [4.78, 5) is 11.1. The molecule has 88 valence electrons. The van der Waals surface area contributed by atoms with E-state index in [-0.39, 0.29) is 29.0 Å². The highest BCUT2D eigenvalue weighted by atomic mass is 35.5. The topological polar surface area (TPSA) is 64.7 Å². The second-order valence-corrected chi connectivity index (χ2v) is 3.61. The van der Waals surface area contributed by atoms with Gasteiger partial charge >= 0.3 is 0 Å². The Morgan fingerprint density at radius 2 is 1.94 bits per heavy atom. The third kappa shape index (κ3) is 2.65. The Hall–Kier alpha value is -1.82. The number of rotatable bonds is 2. The maximum absolute atomic E-state index is 13.4. The first-order chi connectivity index (χ1) is 8.06. The highest BCUT2D eigenvalue weighted by Gasteiger charge is 2.10. The lowest BCUT2D eigenvalue weighted by molar-refractivity contribution is 0.500. The number of hydrogen-bond donors (Lipinski definition) is 1. The SMILES string of the molecule is Nc1nc(Cl)nc(Cc2cccc(F)c2F)n1. The number of aromatic nitrogens is 3. The molecule has 0 aliphatic carbocycles. The van der Waals surface area contributed by atoms with Crippen molar-refractivity contribution in [3.63, 3.8) is 0 Å². The van der Waals surface area contributed by atoms with Crippen molar-refractivity contribution in [3.8, 4) is 0 Å². The molecule has 2 rings (SSSR count). The number of halogens is 3. The van der Waals surface area contributed by atoms with Crippen molar-refractivity contribution >= 4 is 17.5 Å². The van der Waals surface area contributed by atoms with Gasteiger partial charge in [-0.1, -0.05) is 12.1 Å². The molecule has 7 heteroatoms. The van der Waals surface area contributed by atoms with Crippen LogP contribution in [0.15, 0.2) is 18.2 Å². The van der Waals surface area contributed by atoms with Crippen LogP contribution in [0.1, 0.15) is 11.4 Å². The Bertz CT molecular complexity index is 542. The summed E-state index contributed by atoms with van der Waals surface area (Å²) < 4.78 is 26.3. The van der Waals surface area contributed by atoms with Crippen LogP contribution in [0.25, 0.3) is 0 Å². The summed E-state index contributed by atoms with van der Waals surface area (Å²) in [7, 11) is 0. The van der Waals surface area contributed by atoms with Crippen LogP contribution in [0.3, 0.4) is 0 Å². The zero-order valence-electron chi connectivity index (χ0n) is 8.49. The minimum Gasteiger partial charge on any atom is -0.368 e. The van der Waals surface area contributed by atoms with E-state index < -0.39 is 11.6 Å².